The molecule has 1 aromatic rings. The van der Waals surface area contributed by atoms with Crippen LogP contribution in [0.5, 0.6) is 0 Å². The van der Waals surface area contributed by atoms with Crippen molar-refractivity contribution in [2.24, 2.45) is 5.10 Å². The van der Waals surface area contributed by atoms with Gasteiger partial charge in [0, 0.05) is 31.7 Å². The number of nitrogens with zero attached hydrogens (tertiary/aromatic N) is 3. The highest BCUT2D eigenvalue weighted by molar-refractivity contribution is 6.35. The second kappa shape index (κ2) is 7.13. The maximum Gasteiger partial charge on any atom is 0.205 e. The first-order chi connectivity index (χ1) is 8.25. The topological polar surface area (TPSA) is 35.9 Å². The van der Waals surface area contributed by atoms with E-state index < -0.39 is 0 Å². The van der Waals surface area contributed by atoms with E-state index in [2.05, 4.69) is 17.0 Å². The van der Waals surface area contributed by atoms with Crippen LogP contribution >= 0.6 is 12.4 Å². The van der Waals surface area contributed by atoms with Crippen molar-refractivity contribution < 1.29 is 4.79 Å². The summed E-state index contributed by atoms with van der Waals surface area (Å²) in [4.78, 5) is 14.0. The van der Waals surface area contributed by atoms with Crippen LogP contribution in [0.1, 0.15) is 10.4 Å². The van der Waals surface area contributed by atoms with Gasteiger partial charge in [0.25, 0.3) is 0 Å². The summed E-state index contributed by atoms with van der Waals surface area (Å²) >= 11 is 0. The fraction of sp³-hybridized carbons (Fsp3) is 0.385. The van der Waals surface area contributed by atoms with E-state index in [0.717, 1.165) is 26.2 Å². The third-order valence-electron chi connectivity index (χ3n) is 2.88. The van der Waals surface area contributed by atoms with E-state index >= 15 is 0 Å². The molecule has 0 aliphatic carbocycles. The summed E-state index contributed by atoms with van der Waals surface area (Å²) in [5.74, 6) is -0.0375. The van der Waals surface area contributed by atoms with Crippen molar-refractivity contribution in [1.82, 2.24) is 9.91 Å². The minimum absolute atomic E-state index is 0. The average Bonchev–Trinajstić information content (AvgIpc) is 2.39. The summed E-state index contributed by atoms with van der Waals surface area (Å²) in [6, 6.07) is 9.22. The molecule has 1 heterocycles. The number of benzene rings is 1. The van der Waals surface area contributed by atoms with Crippen LogP contribution in [0.4, 0.5) is 0 Å². The minimum Gasteiger partial charge on any atom is -0.303 e. The lowest BCUT2D eigenvalue weighted by Gasteiger charge is -2.30. The van der Waals surface area contributed by atoms with Gasteiger partial charge < -0.3 is 4.90 Å². The number of hydrazone groups is 1. The maximum absolute atomic E-state index is 11.8. The molecule has 0 saturated carbocycles. The Morgan fingerprint density at radius 2 is 1.78 bits per heavy atom. The van der Waals surface area contributed by atoms with Crippen molar-refractivity contribution in [3.05, 3.63) is 35.9 Å². The van der Waals surface area contributed by atoms with Crippen LogP contribution in [0, 0.1) is 0 Å². The standard InChI is InChI=1S/C13H17N3O.ClH/c1-15-7-9-16(10-8-15)14-11-13(17)12-5-3-2-4-6-12;/h2-6,11H,7-10H2,1H3;1H. The molecule has 1 aromatic carbocycles. The molecule has 1 aliphatic rings. The second-order valence-electron chi connectivity index (χ2n) is 4.23. The summed E-state index contributed by atoms with van der Waals surface area (Å²) in [5, 5.41) is 6.17. The maximum atomic E-state index is 11.8. The average molecular weight is 268 g/mol. The van der Waals surface area contributed by atoms with E-state index in [1.807, 2.05) is 23.2 Å². The number of hydrogen-bond acceptors (Lipinski definition) is 4. The molecule has 1 aliphatic heterocycles. The van der Waals surface area contributed by atoms with Crippen molar-refractivity contribution in [3.63, 3.8) is 0 Å². The molecule has 1 saturated heterocycles. The number of carbonyl (C=O) groups is 1. The van der Waals surface area contributed by atoms with Crippen molar-refractivity contribution in [2.75, 3.05) is 33.2 Å². The van der Waals surface area contributed by atoms with Crippen LogP contribution in [-0.4, -0.2) is 55.1 Å². The predicted octanol–water partition coefficient (Wildman–Crippen LogP) is 1.52. The molecule has 4 nitrogen and oxygen atoms in total. The second-order valence-corrected chi connectivity index (χ2v) is 4.23. The molecular weight excluding hydrogens is 250 g/mol. The van der Waals surface area contributed by atoms with Gasteiger partial charge >= 0.3 is 0 Å². The van der Waals surface area contributed by atoms with E-state index in [0.29, 0.717) is 5.56 Å². The number of Topliss-reactive ketones (excluding diaryl/α,β-unsaturated/α-hetero) is 1. The van der Waals surface area contributed by atoms with Gasteiger partial charge in [-0.3, -0.25) is 9.80 Å². The van der Waals surface area contributed by atoms with Crippen LogP contribution < -0.4 is 0 Å². The number of likely N-dealkylation sites (N-methyl/N-ethyl adjacent to an activating group) is 1. The Balaban J connectivity index is 0.00000162. The zero-order valence-corrected chi connectivity index (χ0v) is 11.3. The molecule has 0 amide bonds. The smallest absolute Gasteiger partial charge is 0.205 e. The van der Waals surface area contributed by atoms with Gasteiger partial charge in [-0.1, -0.05) is 30.3 Å². The van der Waals surface area contributed by atoms with Crippen molar-refractivity contribution >= 4 is 24.4 Å². The molecule has 1 fully saturated rings. The summed E-state index contributed by atoms with van der Waals surface area (Å²) in [6.07, 6.45) is 1.42. The van der Waals surface area contributed by atoms with Gasteiger partial charge in [-0.15, -0.1) is 12.4 Å². The third kappa shape index (κ3) is 4.13. The van der Waals surface area contributed by atoms with Crippen LogP contribution in [0.25, 0.3) is 0 Å². The molecular formula is C13H18ClN3O. The van der Waals surface area contributed by atoms with Gasteiger partial charge in [0.2, 0.25) is 5.78 Å². The summed E-state index contributed by atoms with van der Waals surface area (Å²) in [5.41, 5.74) is 0.686. The first-order valence-electron chi connectivity index (χ1n) is 5.82. The lowest BCUT2D eigenvalue weighted by molar-refractivity contribution is 0.106. The molecule has 0 N–H and O–H groups in total. The Bertz CT molecular complexity index is 400. The largest absolute Gasteiger partial charge is 0.303 e. The quantitative estimate of drug-likeness (QED) is 0.615. The number of piperazine rings is 1. The van der Waals surface area contributed by atoms with E-state index in [-0.39, 0.29) is 18.2 Å². The molecule has 0 radical (unpaired) electrons. The number of ketones is 1. The van der Waals surface area contributed by atoms with Crippen LogP contribution in [-0.2, 0) is 0 Å². The predicted molar refractivity (Wildman–Crippen MR) is 75.6 cm³/mol. The van der Waals surface area contributed by atoms with Gasteiger partial charge in [-0.25, -0.2) is 0 Å². The fourth-order valence-corrected chi connectivity index (χ4v) is 1.72. The molecule has 0 spiro atoms. The van der Waals surface area contributed by atoms with Gasteiger partial charge in [-0.05, 0) is 7.05 Å². The van der Waals surface area contributed by atoms with E-state index in [1.165, 1.54) is 6.21 Å². The number of carbonyl (C=O) groups excluding carboxylic acids is 1. The Labute approximate surface area is 114 Å². The van der Waals surface area contributed by atoms with Crippen LogP contribution in [0.2, 0.25) is 0 Å². The monoisotopic (exact) mass is 267 g/mol. The normalized spacial score (nSPS) is 16.6. The Kier molecular flexibility index (Phi) is 5.82. The number of halogens is 1. The molecule has 98 valence electrons. The van der Waals surface area contributed by atoms with Crippen LogP contribution in [0.3, 0.4) is 0 Å². The first-order valence-corrected chi connectivity index (χ1v) is 5.82. The molecule has 5 heteroatoms. The van der Waals surface area contributed by atoms with E-state index in [4.69, 9.17) is 0 Å². The summed E-state index contributed by atoms with van der Waals surface area (Å²) in [7, 11) is 2.09. The summed E-state index contributed by atoms with van der Waals surface area (Å²) in [6.45, 7) is 3.76. The highest BCUT2D eigenvalue weighted by Gasteiger charge is 2.11. The van der Waals surface area contributed by atoms with E-state index in [1.54, 1.807) is 12.1 Å². The number of hydrogen-bond donors (Lipinski definition) is 0. The zero-order valence-electron chi connectivity index (χ0n) is 10.5. The van der Waals surface area contributed by atoms with Gasteiger partial charge in [0.15, 0.2) is 0 Å². The molecule has 0 aromatic heterocycles. The molecule has 0 unspecified atom stereocenters. The first kappa shape index (κ1) is 14.7. The van der Waals surface area contributed by atoms with Crippen LogP contribution in [0.15, 0.2) is 35.4 Å². The van der Waals surface area contributed by atoms with Crippen molar-refractivity contribution in [3.8, 4) is 0 Å². The van der Waals surface area contributed by atoms with Gasteiger partial charge in [0.05, 0.1) is 6.21 Å². The highest BCUT2D eigenvalue weighted by atomic mass is 35.5. The molecule has 18 heavy (non-hydrogen) atoms. The lowest BCUT2D eigenvalue weighted by atomic mass is 10.1. The SMILES string of the molecule is CN1CCN(N=CC(=O)c2ccccc2)CC1.Cl. The molecule has 0 atom stereocenters. The van der Waals surface area contributed by atoms with E-state index in [9.17, 15) is 4.79 Å². The minimum atomic E-state index is -0.0375. The summed E-state index contributed by atoms with van der Waals surface area (Å²) < 4.78 is 0. The van der Waals surface area contributed by atoms with Crippen molar-refractivity contribution in [1.29, 1.82) is 0 Å². The third-order valence-corrected chi connectivity index (χ3v) is 2.88. The molecule has 2 rings (SSSR count). The lowest BCUT2D eigenvalue weighted by Crippen LogP contribution is -2.41. The Morgan fingerprint density at radius 3 is 2.39 bits per heavy atom. The number of rotatable bonds is 3. The zero-order chi connectivity index (χ0) is 12.1. The Morgan fingerprint density at radius 1 is 1.17 bits per heavy atom. The van der Waals surface area contributed by atoms with Crippen molar-refractivity contribution in [2.45, 2.75) is 0 Å². The van der Waals surface area contributed by atoms with Gasteiger partial charge in [-0.2, -0.15) is 5.10 Å². The fourth-order valence-electron chi connectivity index (χ4n) is 1.72. The molecule has 0 bridgehead atoms. The van der Waals surface area contributed by atoms with Gasteiger partial charge in [0.1, 0.15) is 0 Å². The Hall–Kier alpha value is -1.39. The highest BCUT2D eigenvalue weighted by Crippen LogP contribution is 2.01.